The van der Waals surface area contributed by atoms with E-state index in [2.05, 4.69) is 284 Å². The summed E-state index contributed by atoms with van der Waals surface area (Å²) in [6.07, 6.45) is 3.85. The van der Waals surface area contributed by atoms with Gasteiger partial charge in [0.15, 0.2) is 0 Å². The SMILES string of the molecule is CC(C)(C)c1ccc2c(n1)N(c1[c-]cccc1)[CH-]N2c1ccccc1.CC(C)c1ccc2c(n1)N(c1[c-]cccc1)[CH-]N2c1ccccc1.CCc1ccc2c(n1)N(c1[c-]cccc1)[CH-]N2c1ccccc1.CCc1cnc2c(c1)N(c1ccccc1)[CH-]N2c1[c-]cccc1.[Ir].[Ir].[Ir].[Ir]. The van der Waals surface area contributed by atoms with Gasteiger partial charge in [-0.1, -0.05) is 121 Å². The molecule has 0 aliphatic carbocycles. The summed E-state index contributed by atoms with van der Waals surface area (Å²) < 4.78 is 0. The van der Waals surface area contributed by atoms with Crippen molar-refractivity contribution in [1.29, 1.82) is 0 Å². The first-order valence-corrected chi connectivity index (χ1v) is 32.3. The van der Waals surface area contributed by atoms with Crippen molar-refractivity contribution in [1.82, 2.24) is 19.9 Å². The van der Waals surface area contributed by atoms with Crippen molar-refractivity contribution in [2.75, 3.05) is 39.2 Å². The van der Waals surface area contributed by atoms with Crippen LogP contribution in [0.5, 0.6) is 0 Å². The third-order valence-corrected chi connectivity index (χ3v) is 16.5. The van der Waals surface area contributed by atoms with E-state index in [9.17, 15) is 0 Å². The zero-order chi connectivity index (χ0) is 65.3. The van der Waals surface area contributed by atoms with Crippen molar-refractivity contribution in [3.8, 4) is 0 Å². The van der Waals surface area contributed by atoms with E-state index in [1.807, 2.05) is 121 Å². The fraction of sp³-hybridized carbons (Fsp3) is 0.133. The Hall–Kier alpha value is -8.64. The zero-order valence-electron chi connectivity index (χ0n) is 55.9. The summed E-state index contributed by atoms with van der Waals surface area (Å²) in [6.45, 7) is 23.5. The number of fused-ring (bicyclic) bond motifs is 4. The first kappa shape index (κ1) is 74.6. The maximum Gasteiger partial charge on any atom is 0.125 e. The largest absolute Gasteiger partial charge is 0.478 e. The average Bonchev–Trinajstić information content (AvgIpc) is 1.65. The number of aromatic nitrogens is 4. The van der Waals surface area contributed by atoms with E-state index in [1.54, 1.807) is 0 Å². The third-order valence-electron chi connectivity index (χ3n) is 16.5. The Morgan fingerprint density at radius 2 is 0.697 bits per heavy atom. The summed E-state index contributed by atoms with van der Waals surface area (Å²) in [5.74, 6) is 4.18. The van der Waals surface area contributed by atoms with Gasteiger partial charge >= 0.3 is 0 Å². The van der Waals surface area contributed by atoms with Gasteiger partial charge < -0.3 is 39.2 Å². The summed E-state index contributed by atoms with van der Waals surface area (Å²) in [6, 6.07) is 102. The predicted molar refractivity (Wildman–Crippen MR) is 390 cm³/mol. The molecule has 0 saturated carbocycles. The van der Waals surface area contributed by atoms with Crippen molar-refractivity contribution in [2.24, 2.45) is 0 Å². The minimum Gasteiger partial charge on any atom is -0.478 e. The molecule has 12 nitrogen and oxygen atoms in total. The van der Waals surface area contributed by atoms with Gasteiger partial charge in [-0.15, -0.1) is 49.4 Å². The number of anilines is 16. The molecule has 12 aromatic rings. The molecule has 510 valence electrons. The molecule has 8 aromatic carbocycles. The molecule has 0 atom stereocenters. The van der Waals surface area contributed by atoms with Crippen LogP contribution in [0.2, 0.25) is 0 Å². The quantitative estimate of drug-likeness (QED) is 0.116. The Kier molecular flexibility index (Phi) is 25.9. The maximum absolute atomic E-state index is 4.99. The minimum atomic E-state index is 0. The summed E-state index contributed by atoms with van der Waals surface area (Å²) in [4.78, 5) is 36.5. The summed E-state index contributed by atoms with van der Waals surface area (Å²) in [5, 5.41) is 0. The molecule has 0 saturated heterocycles. The van der Waals surface area contributed by atoms with Gasteiger partial charge in [-0.2, -0.15) is 121 Å². The van der Waals surface area contributed by atoms with E-state index in [-0.39, 0.29) is 85.8 Å². The van der Waals surface area contributed by atoms with Crippen molar-refractivity contribution < 1.29 is 80.4 Å². The van der Waals surface area contributed by atoms with E-state index in [0.717, 1.165) is 121 Å². The molecule has 4 radical (unpaired) electrons. The van der Waals surface area contributed by atoms with Crippen LogP contribution < -0.4 is 39.2 Å². The Labute approximate surface area is 638 Å². The van der Waals surface area contributed by atoms with Crippen molar-refractivity contribution in [3.05, 3.63) is 341 Å². The number of hydrogen-bond donors (Lipinski definition) is 0. The number of para-hydroxylation sites is 8. The number of pyridine rings is 4. The Balaban J connectivity index is 0.000000152. The van der Waals surface area contributed by atoms with Crippen LogP contribution in [0, 0.1) is 50.9 Å². The number of aryl methyl sites for hydroxylation is 2. The Morgan fingerprint density at radius 1 is 0.354 bits per heavy atom. The molecule has 16 rings (SSSR count). The monoisotopic (exact) mass is 2010 g/mol. The standard InChI is InChI=1S/C22H21N3.C21H19N3.2C20H17N3.4Ir/c1-22(2,3)20-15-14-19-21(23-20)25(18-12-8-5-9-13-18)16-24(19)17-10-6-4-7-11-17;1-16(2)19-13-14-20-21(22-19)24(18-11-7-4-8-12-18)15-23(20)17-9-5-3-6-10-17;1-2-16-13-19-20(21-14-16)23(18-11-7-4-8-12-18)15-22(19)17-9-5-3-6-10-17;1-2-16-13-14-19-20(21-16)23(18-11-7-4-8-12-18)15-22(19)17-9-5-3-6-10-17;;;;/h4-12,14-16H,1-3H3;3-11,13-16H,1-2H3;2*3-11,13-15H,2H2,1H3;;;;/q4*-2;;;;. The molecule has 99 heavy (non-hydrogen) atoms. The van der Waals surface area contributed by atoms with Gasteiger partial charge in [-0.3, -0.25) is 0 Å². The number of rotatable bonds is 11. The van der Waals surface area contributed by atoms with Gasteiger partial charge in [-0.05, 0) is 115 Å². The minimum absolute atomic E-state index is 0. The van der Waals surface area contributed by atoms with Gasteiger partial charge in [0.05, 0.1) is 22.7 Å². The maximum atomic E-state index is 4.99. The van der Waals surface area contributed by atoms with E-state index in [4.69, 9.17) is 19.9 Å². The summed E-state index contributed by atoms with van der Waals surface area (Å²) >= 11 is 0. The van der Waals surface area contributed by atoms with Crippen molar-refractivity contribution >= 4 is 91.5 Å². The molecule has 0 spiro atoms. The second-order valence-corrected chi connectivity index (χ2v) is 24.3. The molecule has 8 heterocycles. The average molecular weight is 2010 g/mol. The topological polar surface area (TPSA) is 77.5 Å². The third kappa shape index (κ3) is 16.8. The van der Waals surface area contributed by atoms with Crippen LogP contribution in [0.4, 0.5) is 91.5 Å². The molecule has 16 heteroatoms. The fourth-order valence-electron chi connectivity index (χ4n) is 11.4. The van der Waals surface area contributed by atoms with Crippen LogP contribution >= 0.6 is 0 Å². The van der Waals surface area contributed by atoms with Crippen LogP contribution in [0.3, 0.4) is 0 Å². The molecule has 0 fully saturated rings. The van der Waals surface area contributed by atoms with Crippen molar-refractivity contribution in [3.63, 3.8) is 0 Å². The molecule has 0 bridgehead atoms. The number of hydrogen-bond acceptors (Lipinski definition) is 12. The summed E-state index contributed by atoms with van der Waals surface area (Å²) in [5.41, 5.74) is 17.3. The molecular weight excluding hydrogens is 1930 g/mol. The van der Waals surface area contributed by atoms with E-state index in [1.165, 1.54) is 5.56 Å². The molecule has 4 aliphatic heterocycles. The van der Waals surface area contributed by atoms with Crippen LogP contribution in [-0.2, 0) is 98.7 Å². The van der Waals surface area contributed by atoms with Gasteiger partial charge in [0.1, 0.15) is 23.3 Å². The number of benzene rings is 8. The van der Waals surface area contributed by atoms with Gasteiger partial charge in [0, 0.05) is 132 Å². The van der Waals surface area contributed by atoms with E-state index in [0.29, 0.717) is 5.92 Å². The van der Waals surface area contributed by atoms with Gasteiger partial charge in [0.25, 0.3) is 0 Å². The number of nitrogens with zero attached hydrogens (tertiary/aromatic N) is 12. The normalized spacial score (nSPS) is 12.9. The van der Waals surface area contributed by atoms with Gasteiger partial charge in [-0.25, -0.2) is 19.9 Å². The van der Waals surface area contributed by atoms with E-state index >= 15 is 0 Å². The second-order valence-electron chi connectivity index (χ2n) is 24.3. The molecule has 0 amide bonds. The fourth-order valence-corrected chi connectivity index (χ4v) is 11.4. The van der Waals surface area contributed by atoms with Crippen LogP contribution in [0.15, 0.2) is 267 Å². The first-order valence-electron chi connectivity index (χ1n) is 32.3. The van der Waals surface area contributed by atoms with Crippen molar-refractivity contribution in [2.45, 2.75) is 72.6 Å². The smallest absolute Gasteiger partial charge is 0.125 e. The molecule has 4 aliphatic rings. The summed E-state index contributed by atoms with van der Waals surface area (Å²) in [7, 11) is 0. The second kappa shape index (κ2) is 34.4. The van der Waals surface area contributed by atoms with Crippen LogP contribution in [0.25, 0.3) is 0 Å². The Bertz CT molecular complexity index is 4330. The van der Waals surface area contributed by atoms with Crippen LogP contribution in [0.1, 0.15) is 77.0 Å². The predicted octanol–water partition coefficient (Wildman–Crippen LogP) is 20.7. The molecule has 4 aromatic heterocycles. The zero-order valence-corrected chi connectivity index (χ0v) is 65.5. The molecule has 0 N–H and O–H groups in total. The van der Waals surface area contributed by atoms with Gasteiger partial charge in [0.2, 0.25) is 0 Å². The van der Waals surface area contributed by atoms with Crippen LogP contribution in [-0.4, -0.2) is 19.9 Å². The van der Waals surface area contributed by atoms with E-state index < -0.39 is 0 Å². The molecular formula is C83H74Ir4N12-8. The molecule has 0 unspecified atom stereocenters. The Morgan fingerprint density at radius 3 is 1.05 bits per heavy atom. The first-order chi connectivity index (χ1) is 46.5.